The fraction of sp³-hybridized carbons (Fsp3) is 0.350. The molecule has 0 fully saturated rings. The van der Waals surface area contributed by atoms with Gasteiger partial charge in [0.2, 0.25) is 0 Å². The molecule has 0 saturated heterocycles. The number of halogens is 5. The minimum atomic E-state index is -3.74. The summed E-state index contributed by atoms with van der Waals surface area (Å²) in [5.41, 5.74) is 4.71. The minimum Gasteiger partial charge on any atom is -0.487 e. The number of alkyl halides is 3. The summed E-state index contributed by atoms with van der Waals surface area (Å²) >= 11 is 0. The maximum Gasteiger partial charge on any atom is 0.280 e. The van der Waals surface area contributed by atoms with E-state index in [1.165, 1.54) is 6.07 Å². The zero-order valence-electron chi connectivity index (χ0n) is 16.6. The Hall–Kier alpha value is -3.24. The fourth-order valence-corrected chi connectivity index (χ4v) is 3.26. The van der Waals surface area contributed by atoms with Gasteiger partial charge in [-0.25, -0.2) is 26.9 Å². The number of hydrogen-bond acceptors (Lipinski definition) is 5. The van der Waals surface area contributed by atoms with E-state index in [-0.39, 0.29) is 17.9 Å². The first kappa shape index (κ1) is 22.4. The second-order valence-corrected chi connectivity index (χ2v) is 7.62. The fourth-order valence-electron chi connectivity index (χ4n) is 3.26. The van der Waals surface area contributed by atoms with Crippen LogP contribution in [0.15, 0.2) is 35.5 Å². The lowest BCUT2D eigenvalue weighted by Gasteiger charge is -2.42. The number of aliphatic imine (C=N–C) groups is 1. The van der Waals surface area contributed by atoms with E-state index in [1.807, 2.05) is 0 Å². The Morgan fingerprint density at radius 3 is 2.45 bits per heavy atom. The number of ether oxygens (including phenoxy) is 1. The summed E-state index contributed by atoms with van der Waals surface area (Å²) < 4.78 is 77.6. The molecule has 1 aromatic heterocycles. The molecule has 1 aliphatic heterocycles. The number of rotatable bonds is 5. The van der Waals surface area contributed by atoms with Gasteiger partial charge in [0, 0.05) is 11.6 Å². The van der Waals surface area contributed by atoms with Crippen molar-refractivity contribution >= 4 is 11.7 Å². The lowest BCUT2D eigenvalue weighted by atomic mass is 9.77. The zero-order valence-corrected chi connectivity index (χ0v) is 16.6. The SMILES string of the molecule is C[C@]1(F)CC(F)(F)[C@@](C)(c2cc(COc3cnc(C(N)=O)c(F)c3)ccc2F)N=C1N. The molecule has 11 heteroatoms. The van der Waals surface area contributed by atoms with Gasteiger partial charge < -0.3 is 16.2 Å². The Kier molecular flexibility index (Phi) is 5.41. The van der Waals surface area contributed by atoms with Crippen LogP contribution in [0.25, 0.3) is 0 Å². The standard InChI is InChI=1S/C20H19F5N4O2/c1-18(23)9-20(24,25)19(2,29-17(18)27)12-5-10(3-4-13(12)21)8-31-11-6-14(22)15(16(26)30)28-7-11/h3-7H,8-9H2,1-2H3,(H2,26,30)(H2,27,29)/t18-,19+/m0/s1. The van der Waals surface area contributed by atoms with Crippen molar-refractivity contribution in [3.8, 4) is 5.75 Å². The van der Waals surface area contributed by atoms with Crippen molar-refractivity contribution in [2.24, 2.45) is 16.5 Å². The van der Waals surface area contributed by atoms with Crippen LogP contribution in [-0.2, 0) is 12.1 Å². The molecule has 166 valence electrons. The maximum absolute atomic E-state index is 14.8. The first-order chi connectivity index (χ1) is 14.3. The van der Waals surface area contributed by atoms with E-state index in [1.54, 1.807) is 0 Å². The van der Waals surface area contributed by atoms with Gasteiger partial charge in [0.15, 0.2) is 22.7 Å². The van der Waals surface area contributed by atoms with Gasteiger partial charge in [-0.3, -0.25) is 9.79 Å². The Balaban J connectivity index is 1.91. The largest absolute Gasteiger partial charge is 0.487 e. The third kappa shape index (κ3) is 4.04. The van der Waals surface area contributed by atoms with Crippen LogP contribution in [0.2, 0.25) is 0 Å². The van der Waals surface area contributed by atoms with Crippen LogP contribution >= 0.6 is 0 Å². The van der Waals surface area contributed by atoms with E-state index in [0.29, 0.717) is 0 Å². The zero-order chi connectivity index (χ0) is 23.2. The van der Waals surface area contributed by atoms with E-state index >= 15 is 0 Å². The molecule has 1 amide bonds. The van der Waals surface area contributed by atoms with Crippen molar-refractivity contribution in [3.05, 3.63) is 58.9 Å². The Labute approximate surface area is 174 Å². The van der Waals surface area contributed by atoms with Gasteiger partial charge in [0.1, 0.15) is 24.0 Å². The molecule has 0 saturated carbocycles. The highest BCUT2D eigenvalue weighted by Crippen LogP contribution is 2.50. The van der Waals surface area contributed by atoms with Crippen molar-refractivity contribution in [1.29, 1.82) is 0 Å². The molecule has 1 aliphatic rings. The monoisotopic (exact) mass is 442 g/mol. The quantitative estimate of drug-likeness (QED) is 0.693. The number of nitrogens with zero attached hydrogens (tertiary/aromatic N) is 2. The first-order valence-electron chi connectivity index (χ1n) is 9.06. The number of amidine groups is 1. The molecule has 3 rings (SSSR count). The molecule has 0 aliphatic carbocycles. The summed E-state index contributed by atoms with van der Waals surface area (Å²) in [7, 11) is 0. The molecule has 6 nitrogen and oxygen atoms in total. The van der Waals surface area contributed by atoms with Gasteiger partial charge in [-0.2, -0.15) is 0 Å². The third-order valence-electron chi connectivity index (χ3n) is 5.15. The molecule has 0 radical (unpaired) electrons. The van der Waals surface area contributed by atoms with Gasteiger partial charge in [-0.05, 0) is 31.5 Å². The highest BCUT2D eigenvalue weighted by atomic mass is 19.3. The van der Waals surface area contributed by atoms with Crippen LogP contribution in [-0.4, -0.2) is 28.3 Å². The van der Waals surface area contributed by atoms with Crippen molar-refractivity contribution in [3.63, 3.8) is 0 Å². The number of benzene rings is 1. The number of primary amides is 1. The summed E-state index contributed by atoms with van der Waals surface area (Å²) in [6.45, 7) is 1.59. The molecular weight excluding hydrogens is 423 g/mol. The third-order valence-corrected chi connectivity index (χ3v) is 5.15. The Bertz CT molecular complexity index is 1070. The van der Waals surface area contributed by atoms with Crippen LogP contribution in [0.1, 0.15) is 41.9 Å². The minimum absolute atomic E-state index is 0.0713. The van der Waals surface area contributed by atoms with Crippen molar-refractivity contribution in [2.45, 2.75) is 44.0 Å². The van der Waals surface area contributed by atoms with Crippen LogP contribution in [0.5, 0.6) is 5.75 Å². The van der Waals surface area contributed by atoms with E-state index < -0.39 is 58.2 Å². The number of pyridine rings is 1. The lowest BCUT2D eigenvalue weighted by Crippen LogP contribution is -2.56. The van der Waals surface area contributed by atoms with E-state index in [2.05, 4.69) is 9.98 Å². The molecule has 2 aromatic rings. The van der Waals surface area contributed by atoms with Crippen LogP contribution in [0, 0.1) is 11.6 Å². The Morgan fingerprint density at radius 1 is 1.16 bits per heavy atom. The average Bonchev–Trinajstić information content (AvgIpc) is 2.65. The van der Waals surface area contributed by atoms with Gasteiger partial charge in [0.25, 0.3) is 11.8 Å². The molecule has 2 atom stereocenters. The predicted molar refractivity (Wildman–Crippen MR) is 101 cm³/mol. The molecule has 1 aromatic carbocycles. The lowest BCUT2D eigenvalue weighted by molar-refractivity contribution is -0.106. The van der Waals surface area contributed by atoms with Crippen LogP contribution < -0.4 is 16.2 Å². The van der Waals surface area contributed by atoms with Gasteiger partial charge in [-0.15, -0.1) is 0 Å². The topological polar surface area (TPSA) is 104 Å². The van der Waals surface area contributed by atoms with Gasteiger partial charge >= 0.3 is 0 Å². The van der Waals surface area contributed by atoms with E-state index in [9.17, 15) is 26.7 Å². The van der Waals surface area contributed by atoms with E-state index in [0.717, 1.165) is 38.2 Å². The van der Waals surface area contributed by atoms with E-state index in [4.69, 9.17) is 16.2 Å². The summed E-state index contributed by atoms with van der Waals surface area (Å²) in [4.78, 5) is 18.2. The number of aromatic nitrogens is 1. The molecule has 0 unspecified atom stereocenters. The van der Waals surface area contributed by atoms with Crippen molar-refractivity contribution in [1.82, 2.24) is 4.98 Å². The maximum atomic E-state index is 14.8. The second-order valence-electron chi connectivity index (χ2n) is 7.62. The van der Waals surface area contributed by atoms with Crippen LogP contribution in [0.4, 0.5) is 22.0 Å². The predicted octanol–water partition coefficient (Wildman–Crippen LogP) is 3.38. The van der Waals surface area contributed by atoms with Crippen molar-refractivity contribution < 1.29 is 31.5 Å². The number of carbonyl (C=O) groups is 1. The number of carbonyl (C=O) groups excluding carboxylic acids is 1. The Morgan fingerprint density at radius 2 is 1.84 bits per heavy atom. The molecule has 31 heavy (non-hydrogen) atoms. The highest BCUT2D eigenvalue weighted by Gasteiger charge is 2.60. The molecular formula is C20H19F5N4O2. The molecule has 2 heterocycles. The highest BCUT2D eigenvalue weighted by molar-refractivity contribution is 5.91. The number of hydrogen-bond donors (Lipinski definition) is 2. The summed E-state index contributed by atoms with van der Waals surface area (Å²) in [6.07, 6.45) is -0.208. The summed E-state index contributed by atoms with van der Waals surface area (Å²) in [6, 6.07) is 4.19. The normalized spacial score (nSPS) is 25.1. The smallest absolute Gasteiger partial charge is 0.280 e. The summed E-state index contributed by atoms with van der Waals surface area (Å²) in [5, 5.41) is 0. The second kappa shape index (κ2) is 7.47. The summed E-state index contributed by atoms with van der Waals surface area (Å²) in [5.74, 6) is -7.51. The molecule has 0 spiro atoms. The van der Waals surface area contributed by atoms with Crippen molar-refractivity contribution in [2.75, 3.05) is 0 Å². The van der Waals surface area contributed by atoms with Gasteiger partial charge in [-0.1, -0.05) is 6.07 Å². The first-order valence-corrected chi connectivity index (χ1v) is 9.06. The van der Waals surface area contributed by atoms with Crippen LogP contribution in [0.3, 0.4) is 0 Å². The number of amides is 1. The van der Waals surface area contributed by atoms with Gasteiger partial charge in [0.05, 0.1) is 12.6 Å². The average molecular weight is 442 g/mol. The molecule has 4 N–H and O–H groups in total. The number of nitrogens with two attached hydrogens (primary N) is 2. The molecule has 0 bridgehead atoms.